The van der Waals surface area contributed by atoms with Gasteiger partial charge in [-0.05, 0) is 69.9 Å². The first-order valence-corrected chi connectivity index (χ1v) is 11.2. The lowest BCUT2D eigenvalue weighted by atomic mass is 10.1. The molecule has 1 aromatic rings. The minimum absolute atomic E-state index is 0.188. The van der Waals surface area contributed by atoms with Gasteiger partial charge in [-0.25, -0.2) is 8.42 Å². The van der Waals surface area contributed by atoms with Crippen LogP contribution in [-0.2, 0) is 14.8 Å². The molecule has 1 amide bonds. The minimum atomic E-state index is -3.54. The van der Waals surface area contributed by atoms with Crippen molar-refractivity contribution >= 4 is 21.6 Å². The lowest BCUT2D eigenvalue weighted by Crippen LogP contribution is -2.41. The highest BCUT2D eigenvalue weighted by molar-refractivity contribution is 7.92. The largest absolute Gasteiger partial charge is 0.354 e. The highest BCUT2D eigenvalue weighted by Crippen LogP contribution is 2.23. The molecule has 7 heteroatoms. The molecule has 0 aliphatic carbocycles. The van der Waals surface area contributed by atoms with Gasteiger partial charge in [0.1, 0.15) is 6.54 Å². The number of amides is 1. The zero-order chi connectivity index (χ0) is 19.2. The van der Waals surface area contributed by atoms with Gasteiger partial charge >= 0.3 is 0 Å². The lowest BCUT2D eigenvalue weighted by molar-refractivity contribution is -0.119. The van der Waals surface area contributed by atoms with Crippen LogP contribution >= 0.6 is 0 Å². The Morgan fingerprint density at radius 3 is 2.54 bits per heavy atom. The van der Waals surface area contributed by atoms with E-state index in [1.54, 1.807) is 6.07 Å². The Labute approximate surface area is 157 Å². The van der Waals surface area contributed by atoms with E-state index in [9.17, 15) is 13.2 Å². The first-order valence-electron chi connectivity index (χ1n) is 9.31. The number of piperidine rings is 1. The average molecular weight is 382 g/mol. The van der Waals surface area contributed by atoms with Crippen molar-refractivity contribution in [3.05, 3.63) is 29.3 Å². The molecule has 1 N–H and O–H groups in total. The number of hydrogen-bond donors (Lipinski definition) is 1. The number of carbonyl (C=O) groups is 1. The summed E-state index contributed by atoms with van der Waals surface area (Å²) in [6.07, 6.45) is 5.84. The smallest absolute Gasteiger partial charge is 0.240 e. The second kappa shape index (κ2) is 9.37. The van der Waals surface area contributed by atoms with E-state index in [1.807, 2.05) is 26.0 Å². The molecule has 0 radical (unpaired) electrons. The average Bonchev–Trinajstić information content (AvgIpc) is 2.59. The van der Waals surface area contributed by atoms with E-state index < -0.39 is 10.0 Å². The van der Waals surface area contributed by atoms with Crippen molar-refractivity contribution in [1.82, 2.24) is 10.2 Å². The first-order chi connectivity index (χ1) is 12.3. The standard InChI is InChI=1S/C19H31N3O3S/c1-16-8-9-17(2)18(14-16)22(26(3,24)25)15-19(23)20-10-7-13-21-11-5-4-6-12-21/h8-9,14H,4-7,10-13,15H2,1-3H3,(H,20,23). The van der Waals surface area contributed by atoms with Crippen molar-refractivity contribution in [3.63, 3.8) is 0 Å². The Hall–Kier alpha value is -1.60. The van der Waals surface area contributed by atoms with Gasteiger partial charge in [0.05, 0.1) is 11.9 Å². The van der Waals surface area contributed by atoms with E-state index in [2.05, 4.69) is 10.2 Å². The molecule has 0 bridgehead atoms. The topological polar surface area (TPSA) is 69.7 Å². The summed E-state index contributed by atoms with van der Waals surface area (Å²) in [4.78, 5) is 14.7. The van der Waals surface area contributed by atoms with Gasteiger partial charge < -0.3 is 10.2 Å². The van der Waals surface area contributed by atoms with Crippen molar-refractivity contribution in [2.24, 2.45) is 0 Å². The second-order valence-corrected chi connectivity index (χ2v) is 9.07. The predicted octanol–water partition coefficient (Wildman–Crippen LogP) is 2.06. The van der Waals surface area contributed by atoms with Crippen LogP contribution in [0.1, 0.15) is 36.8 Å². The van der Waals surface area contributed by atoms with Crippen molar-refractivity contribution in [2.75, 3.05) is 43.3 Å². The zero-order valence-corrected chi connectivity index (χ0v) is 16.9. The summed E-state index contributed by atoms with van der Waals surface area (Å²) in [6, 6.07) is 5.61. The molecule has 2 rings (SSSR count). The molecule has 0 aromatic heterocycles. The molecule has 1 saturated heterocycles. The summed E-state index contributed by atoms with van der Waals surface area (Å²) in [5.41, 5.74) is 2.36. The fraction of sp³-hybridized carbons (Fsp3) is 0.632. The van der Waals surface area contributed by atoms with Crippen LogP contribution in [0.4, 0.5) is 5.69 Å². The maximum Gasteiger partial charge on any atom is 0.240 e. The quantitative estimate of drug-likeness (QED) is 0.700. The fourth-order valence-electron chi connectivity index (χ4n) is 3.27. The predicted molar refractivity (Wildman–Crippen MR) is 106 cm³/mol. The zero-order valence-electron chi connectivity index (χ0n) is 16.1. The number of rotatable bonds is 8. The normalized spacial score (nSPS) is 15.7. The molecule has 0 saturated carbocycles. The van der Waals surface area contributed by atoms with Crippen LogP contribution in [0.5, 0.6) is 0 Å². The lowest BCUT2D eigenvalue weighted by Gasteiger charge is -2.26. The van der Waals surface area contributed by atoms with Crippen LogP contribution in [0, 0.1) is 13.8 Å². The Balaban J connectivity index is 1.89. The Morgan fingerprint density at radius 1 is 1.19 bits per heavy atom. The molecule has 1 aliphatic heterocycles. The summed E-state index contributed by atoms with van der Waals surface area (Å²) in [6.45, 7) is 7.40. The third-order valence-electron chi connectivity index (χ3n) is 4.74. The van der Waals surface area contributed by atoms with E-state index in [0.717, 1.165) is 43.4 Å². The minimum Gasteiger partial charge on any atom is -0.354 e. The maximum absolute atomic E-state index is 12.3. The van der Waals surface area contributed by atoms with Crippen LogP contribution in [0.2, 0.25) is 0 Å². The number of aryl methyl sites for hydroxylation is 2. The molecule has 0 unspecified atom stereocenters. The number of benzene rings is 1. The van der Waals surface area contributed by atoms with E-state index in [1.165, 1.54) is 23.6 Å². The van der Waals surface area contributed by atoms with E-state index in [0.29, 0.717) is 12.2 Å². The van der Waals surface area contributed by atoms with Gasteiger partial charge in [0.2, 0.25) is 15.9 Å². The number of sulfonamides is 1. The molecule has 0 atom stereocenters. The maximum atomic E-state index is 12.3. The Kier molecular flexibility index (Phi) is 7.46. The van der Waals surface area contributed by atoms with Crippen LogP contribution in [0.15, 0.2) is 18.2 Å². The van der Waals surface area contributed by atoms with E-state index >= 15 is 0 Å². The molecule has 26 heavy (non-hydrogen) atoms. The monoisotopic (exact) mass is 381 g/mol. The molecule has 1 aliphatic rings. The summed E-state index contributed by atoms with van der Waals surface area (Å²) in [7, 11) is -3.54. The summed E-state index contributed by atoms with van der Waals surface area (Å²) >= 11 is 0. The number of hydrogen-bond acceptors (Lipinski definition) is 4. The number of likely N-dealkylation sites (tertiary alicyclic amines) is 1. The van der Waals surface area contributed by atoms with Gasteiger partial charge in [0, 0.05) is 6.54 Å². The number of anilines is 1. The highest BCUT2D eigenvalue weighted by atomic mass is 32.2. The van der Waals surface area contributed by atoms with Gasteiger partial charge in [0.15, 0.2) is 0 Å². The van der Waals surface area contributed by atoms with Crippen molar-refractivity contribution in [1.29, 1.82) is 0 Å². The van der Waals surface area contributed by atoms with E-state index in [-0.39, 0.29) is 12.5 Å². The number of nitrogens with zero attached hydrogens (tertiary/aromatic N) is 2. The highest BCUT2D eigenvalue weighted by Gasteiger charge is 2.22. The first kappa shape index (κ1) is 20.7. The van der Waals surface area contributed by atoms with Crippen molar-refractivity contribution < 1.29 is 13.2 Å². The van der Waals surface area contributed by atoms with Crippen LogP contribution < -0.4 is 9.62 Å². The number of carbonyl (C=O) groups excluding carboxylic acids is 1. The van der Waals surface area contributed by atoms with Crippen molar-refractivity contribution in [2.45, 2.75) is 39.5 Å². The van der Waals surface area contributed by atoms with Gasteiger partial charge in [-0.2, -0.15) is 0 Å². The van der Waals surface area contributed by atoms with Gasteiger partial charge in [-0.1, -0.05) is 18.6 Å². The van der Waals surface area contributed by atoms with Crippen LogP contribution in [0.3, 0.4) is 0 Å². The van der Waals surface area contributed by atoms with Gasteiger partial charge in [-0.3, -0.25) is 9.10 Å². The van der Waals surface area contributed by atoms with Gasteiger partial charge in [0.25, 0.3) is 0 Å². The number of nitrogens with one attached hydrogen (secondary N) is 1. The molecular weight excluding hydrogens is 350 g/mol. The van der Waals surface area contributed by atoms with Crippen LogP contribution in [0.25, 0.3) is 0 Å². The third kappa shape index (κ3) is 6.29. The molecular formula is C19H31N3O3S. The third-order valence-corrected chi connectivity index (χ3v) is 5.87. The summed E-state index contributed by atoms with van der Waals surface area (Å²) < 4.78 is 25.6. The molecule has 1 heterocycles. The van der Waals surface area contributed by atoms with Crippen molar-refractivity contribution in [3.8, 4) is 0 Å². The molecule has 146 valence electrons. The Morgan fingerprint density at radius 2 is 1.88 bits per heavy atom. The molecule has 6 nitrogen and oxygen atoms in total. The fourth-order valence-corrected chi connectivity index (χ4v) is 4.17. The Bertz CT molecular complexity index is 713. The SMILES string of the molecule is Cc1ccc(C)c(N(CC(=O)NCCCN2CCCCC2)S(C)(=O)=O)c1. The summed E-state index contributed by atoms with van der Waals surface area (Å²) in [5, 5.41) is 2.86. The van der Waals surface area contributed by atoms with E-state index in [4.69, 9.17) is 0 Å². The molecule has 1 aromatic carbocycles. The molecule has 0 spiro atoms. The summed E-state index contributed by atoms with van der Waals surface area (Å²) in [5.74, 6) is -0.269. The second-order valence-electron chi connectivity index (χ2n) is 7.17. The van der Waals surface area contributed by atoms with Gasteiger partial charge in [-0.15, -0.1) is 0 Å². The van der Waals surface area contributed by atoms with Crippen LogP contribution in [-0.4, -0.2) is 58.2 Å². The molecule has 1 fully saturated rings.